The number of ketones is 1. The van der Waals surface area contributed by atoms with Gasteiger partial charge in [0.05, 0.1) is 12.5 Å². The normalized spacial score (nSPS) is 15.6. The Morgan fingerprint density at radius 2 is 1.81 bits per heavy atom. The van der Waals surface area contributed by atoms with Crippen molar-refractivity contribution in [2.24, 2.45) is 0 Å². The Kier molecular flexibility index (Phi) is 3.62. The number of benzene rings is 2. The molecule has 0 radical (unpaired) electrons. The van der Waals surface area contributed by atoms with Gasteiger partial charge in [-0.2, -0.15) is 0 Å². The second-order valence-electron chi connectivity index (χ2n) is 5.56. The number of carbonyl (C=O) groups excluding carboxylic acids is 1. The van der Waals surface area contributed by atoms with Crippen LogP contribution in [0, 0.1) is 0 Å². The lowest BCUT2D eigenvalue weighted by Crippen LogP contribution is -2.16. The van der Waals surface area contributed by atoms with E-state index in [1.54, 1.807) is 14.0 Å². The third-order valence-corrected chi connectivity index (χ3v) is 4.83. The Labute approximate surface area is 133 Å². The summed E-state index contributed by atoms with van der Waals surface area (Å²) in [6, 6.07) is 14.3. The van der Waals surface area contributed by atoms with Crippen LogP contribution in [-0.4, -0.2) is 12.9 Å². The van der Waals surface area contributed by atoms with Gasteiger partial charge in [0.2, 0.25) is 0 Å². The summed E-state index contributed by atoms with van der Waals surface area (Å²) in [5.74, 6) is 1.11. The number of ether oxygens (including phenoxy) is 1. The molecule has 21 heavy (non-hydrogen) atoms. The Morgan fingerprint density at radius 1 is 1.14 bits per heavy atom. The number of rotatable bonds is 4. The molecule has 0 bridgehead atoms. The van der Waals surface area contributed by atoms with Crippen LogP contribution in [0.5, 0.6) is 5.75 Å². The lowest BCUT2D eigenvalue weighted by molar-refractivity contribution is -0.119. The minimum absolute atomic E-state index is 0.206. The summed E-state index contributed by atoms with van der Waals surface area (Å²) in [4.78, 5) is 11.8. The molecule has 0 N–H and O–H groups in total. The van der Waals surface area contributed by atoms with E-state index in [0.717, 1.165) is 39.8 Å². The molecule has 2 aromatic carbocycles. The highest BCUT2D eigenvalue weighted by Gasteiger charge is 2.48. The zero-order valence-corrected chi connectivity index (χ0v) is 13.7. The Bertz CT molecular complexity index is 685. The Balaban J connectivity index is 1.97. The maximum atomic E-state index is 11.8. The monoisotopic (exact) mass is 344 g/mol. The van der Waals surface area contributed by atoms with E-state index in [9.17, 15) is 4.79 Å². The van der Waals surface area contributed by atoms with Crippen molar-refractivity contribution in [3.8, 4) is 16.9 Å². The van der Waals surface area contributed by atoms with Crippen LogP contribution < -0.4 is 4.74 Å². The van der Waals surface area contributed by atoms with E-state index in [2.05, 4.69) is 40.2 Å². The quantitative estimate of drug-likeness (QED) is 0.800. The average Bonchev–Trinajstić information content (AvgIpc) is 3.29. The van der Waals surface area contributed by atoms with Crippen LogP contribution in [0.3, 0.4) is 0 Å². The summed E-state index contributed by atoms with van der Waals surface area (Å²) in [5.41, 5.74) is 3.08. The van der Waals surface area contributed by atoms with Gasteiger partial charge in [0.25, 0.3) is 0 Å². The van der Waals surface area contributed by atoms with E-state index in [4.69, 9.17) is 4.74 Å². The van der Waals surface area contributed by atoms with Gasteiger partial charge in [-0.15, -0.1) is 0 Å². The Morgan fingerprint density at radius 3 is 2.33 bits per heavy atom. The first-order valence-corrected chi connectivity index (χ1v) is 7.81. The van der Waals surface area contributed by atoms with Crippen LogP contribution in [0.2, 0.25) is 0 Å². The van der Waals surface area contributed by atoms with Crippen molar-refractivity contribution in [2.45, 2.75) is 25.2 Å². The average molecular weight is 345 g/mol. The van der Waals surface area contributed by atoms with Crippen molar-refractivity contribution < 1.29 is 9.53 Å². The molecule has 1 fully saturated rings. The van der Waals surface area contributed by atoms with Gasteiger partial charge in [-0.25, -0.2) is 0 Å². The van der Waals surface area contributed by atoms with Crippen LogP contribution in [0.15, 0.2) is 46.9 Å². The summed E-state index contributed by atoms with van der Waals surface area (Å²) in [5, 5.41) is 0. The molecule has 0 aliphatic heterocycles. The van der Waals surface area contributed by atoms with Crippen molar-refractivity contribution >= 4 is 21.7 Å². The lowest BCUT2D eigenvalue weighted by atomic mass is 9.90. The molecule has 1 aliphatic rings. The maximum Gasteiger partial charge on any atom is 0.140 e. The van der Waals surface area contributed by atoms with Crippen LogP contribution in [-0.2, 0) is 10.2 Å². The third kappa shape index (κ3) is 2.51. The van der Waals surface area contributed by atoms with E-state index in [1.807, 2.05) is 18.2 Å². The van der Waals surface area contributed by atoms with Crippen molar-refractivity contribution in [1.82, 2.24) is 0 Å². The van der Waals surface area contributed by atoms with E-state index in [1.165, 1.54) is 0 Å². The van der Waals surface area contributed by atoms with E-state index >= 15 is 0 Å². The summed E-state index contributed by atoms with van der Waals surface area (Å²) in [6.07, 6.45) is 1.95. The minimum Gasteiger partial charge on any atom is -0.496 e. The van der Waals surface area contributed by atoms with Gasteiger partial charge in [0, 0.05) is 10.0 Å². The molecular formula is C18H17BrO2. The number of carbonyl (C=O) groups is 1. The van der Waals surface area contributed by atoms with Crippen LogP contribution in [0.1, 0.15) is 25.3 Å². The van der Waals surface area contributed by atoms with Crippen molar-refractivity contribution in [3.05, 3.63) is 52.5 Å². The first-order chi connectivity index (χ1) is 10.1. The van der Waals surface area contributed by atoms with Gasteiger partial charge >= 0.3 is 0 Å². The van der Waals surface area contributed by atoms with Gasteiger partial charge in [-0.05, 0) is 49.1 Å². The molecule has 1 aliphatic carbocycles. The molecule has 0 aromatic heterocycles. The summed E-state index contributed by atoms with van der Waals surface area (Å²) < 4.78 is 6.44. The van der Waals surface area contributed by atoms with Crippen molar-refractivity contribution in [2.75, 3.05) is 7.11 Å². The van der Waals surface area contributed by atoms with Gasteiger partial charge in [-0.1, -0.05) is 40.2 Å². The first kappa shape index (κ1) is 14.3. The second-order valence-corrected chi connectivity index (χ2v) is 6.48. The smallest absolute Gasteiger partial charge is 0.140 e. The summed E-state index contributed by atoms with van der Waals surface area (Å²) in [6.45, 7) is 1.69. The third-order valence-electron chi connectivity index (χ3n) is 4.34. The van der Waals surface area contributed by atoms with Crippen LogP contribution in [0.4, 0.5) is 0 Å². The standard InChI is InChI=1S/C18H17BrO2/c1-12(20)18(9-10-18)14-5-3-13(4-6-14)16-8-7-15(19)11-17(16)21-2/h3-8,11H,9-10H2,1-2H3. The summed E-state index contributed by atoms with van der Waals surface area (Å²) >= 11 is 3.45. The topological polar surface area (TPSA) is 26.3 Å². The molecule has 2 aromatic rings. The SMILES string of the molecule is COc1cc(Br)ccc1-c1ccc(C2(C(C)=O)CC2)cc1. The lowest BCUT2D eigenvalue weighted by Gasteiger charge is -2.14. The largest absolute Gasteiger partial charge is 0.496 e. The fourth-order valence-electron chi connectivity index (χ4n) is 2.84. The fraction of sp³-hybridized carbons (Fsp3) is 0.278. The molecule has 108 valence electrons. The molecule has 0 atom stereocenters. The zero-order valence-electron chi connectivity index (χ0n) is 12.2. The summed E-state index contributed by atoms with van der Waals surface area (Å²) in [7, 11) is 1.68. The number of Topliss-reactive ketones (excluding diaryl/α,β-unsaturated/α-hetero) is 1. The molecule has 0 amide bonds. The van der Waals surface area contributed by atoms with Crippen LogP contribution >= 0.6 is 15.9 Å². The maximum absolute atomic E-state index is 11.8. The zero-order chi connectivity index (χ0) is 15.0. The molecule has 3 rings (SSSR count). The highest BCUT2D eigenvalue weighted by Crippen LogP contribution is 2.49. The van der Waals surface area contributed by atoms with E-state index in [0.29, 0.717) is 0 Å². The number of hydrogen-bond donors (Lipinski definition) is 0. The van der Waals surface area contributed by atoms with E-state index in [-0.39, 0.29) is 11.2 Å². The highest BCUT2D eigenvalue weighted by molar-refractivity contribution is 9.10. The molecule has 0 heterocycles. The van der Waals surface area contributed by atoms with Gasteiger partial charge in [-0.3, -0.25) is 4.79 Å². The number of halogens is 1. The molecular weight excluding hydrogens is 328 g/mol. The van der Waals surface area contributed by atoms with Gasteiger partial charge < -0.3 is 4.74 Å². The Hall–Kier alpha value is -1.61. The predicted molar refractivity (Wildman–Crippen MR) is 87.7 cm³/mol. The first-order valence-electron chi connectivity index (χ1n) is 7.02. The van der Waals surface area contributed by atoms with E-state index < -0.39 is 0 Å². The molecule has 0 unspecified atom stereocenters. The van der Waals surface area contributed by atoms with Crippen LogP contribution in [0.25, 0.3) is 11.1 Å². The molecule has 0 saturated heterocycles. The molecule has 2 nitrogen and oxygen atoms in total. The minimum atomic E-state index is -0.206. The van der Waals surface area contributed by atoms with Gasteiger partial charge in [0.1, 0.15) is 11.5 Å². The highest BCUT2D eigenvalue weighted by atomic mass is 79.9. The van der Waals surface area contributed by atoms with Crippen molar-refractivity contribution in [1.29, 1.82) is 0 Å². The molecule has 1 saturated carbocycles. The molecule has 3 heteroatoms. The number of hydrogen-bond acceptors (Lipinski definition) is 2. The number of methoxy groups -OCH3 is 1. The van der Waals surface area contributed by atoms with Crippen molar-refractivity contribution in [3.63, 3.8) is 0 Å². The predicted octanol–water partition coefficient (Wildman–Crippen LogP) is 4.75. The van der Waals surface area contributed by atoms with Gasteiger partial charge in [0.15, 0.2) is 0 Å². The fourth-order valence-corrected chi connectivity index (χ4v) is 3.18. The molecule has 0 spiro atoms. The second kappa shape index (κ2) is 5.30.